The molecule has 1 aliphatic carbocycles. The maximum absolute atomic E-state index is 6.17. The zero-order valence-electron chi connectivity index (χ0n) is 9.34. The number of hydrogen-bond acceptors (Lipinski definition) is 1. The fourth-order valence-corrected chi connectivity index (χ4v) is 2.39. The first-order chi connectivity index (χ1) is 6.74. The van der Waals surface area contributed by atoms with E-state index in [1.807, 2.05) is 0 Å². The Kier molecular flexibility index (Phi) is 5.04. The van der Waals surface area contributed by atoms with Gasteiger partial charge in [-0.1, -0.05) is 19.8 Å². The van der Waals surface area contributed by atoms with Gasteiger partial charge in [0.25, 0.3) is 0 Å². The van der Waals surface area contributed by atoms with Crippen LogP contribution in [0.15, 0.2) is 0 Å². The molecule has 1 fully saturated rings. The standard InChI is InChI=1S/C13H23N/c1-3-4-5-6-13(14)12-9-7-11(2)8-10-12/h1,11-13H,4-10,14H2,2H3. The summed E-state index contributed by atoms with van der Waals surface area (Å²) in [6.45, 7) is 2.35. The number of nitrogens with two attached hydrogens (primary N) is 1. The van der Waals surface area contributed by atoms with Crippen LogP contribution in [0, 0.1) is 24.2 Å². The molecule has 0 bridgehead atoms. The lowest BCUT2D eigenvalue weighted by Gasteiger charge is -2.30. The molecule has 80 valence electrons. The van der Waals surface area contributed by atoms with Crippen molar-refractivity contribution in [1.29, 1.82) is 0 Å². The summed E-state index contributed by atoms with van der Waals surface area (Å²) in [5, 5.41) is 0. The van der Waals surface area contributed by atoms with Gasteiger partial charge in [-0.15, -0.1) is 12.3 Å². The summed E-state index contributed by atoms with van der Waals surface area (Å²) in [5.41, 5.74) is 6.17. The molecule has 0 aromatic rings. The van der Waals surface area contributed by atoms with E-state index >= 15 is 0 Å². The van der Waals surface area contributed by atoms with Crippen molar-refractivity contribution in [2.75, 3.05) is 0 Å². The van der Waals surface area contributed by atoms with Crippen molar-refractivity contribution in [3.05, 3.63) is 0 Å². The van der Waals surface area contributed by atoms with Crippen molar-refractivity contribution in [3.8, 4) is 12.3 Å². The Morgan fingerprint density at radius 2 is 2.00 bits per heavy atom. The van der Waals surface area contributed by atoms with E-state index in [4.69, 9.17) is 12.2 Å². The minimum Gasteiger partial charge on any atom is -0.327 e. The van der Waals surface area contributed by atoms with Crippen LogP contribution < -0.4 is 5.73 Å². The van der Waals surface area contributed by atoms with E-state index in [1.54, 1.807) is 0 Å². The van der Waals surface area contributed by atoms with Gasteiger partial charge in [0, 0.05) is 12.5 Å². The SMILES string of the molecule is C#CCCCC(N)C1CCC(C)CC1. The Morgan fingerprint density at radius 3 is 2.57 bits per heavy atom. The van der Waals surface area contributed by atoms with Crippen molar-refractivity contribution < 1.29 is 0 Å². The van der Waals surface area contributed by atoms with Crippen molar-refractivity contribution in [2.45, 2.75) is 57.9 Å². The van der Waals surface area contributed by atoms with E-state index in [0.29, 0.717) is 6.04 Å². The second kappa shape index (κ2) is 6.09. The molecule has 1 unspecified atom stereocenters. The third-order valence-corrected chi connectivity index (χ3v) is 3.52. The molecular weight excluding hydrogens is 170 g/mol. The summed E-state index contributed by atoms with van der Waals surface area (Å²) in [4.78, 5) is 0. The predicted molar refractivity (Wildman–Crippen MR) is 61.8 cm³/mol. The summed E-state index contributed by atoms with van der Waals surface area (Å²) in [6.07, 6.45) is 13.7. The minimum absolute atomic E-state index is 0.399. The third-order valence-electron chi connectivity index (χ3n) is 3.52. The van der Waals surface area contributed by atoms with Gasteiger partial charge in [0.15, 0.2) is 0 Å². The fraction of sp³-hybridized carbons (Fsp3) is 0.846. The van der Waals surface area contributed by atoms with Crippen LogP contribution in [0.5, 0.6) is 0 Å². The molecule has 1 aliphatic rings. The first kappa shape index (κ1) is 11.6. The summed E-state index contributed by atoms with van der Waals surface area (Å²) < 4.78 is 0. The number of terminal acetylenes is 1. The fourth-order valence-electron chi connectivity index (χ4n) is 2.39. The Morgan fingerprint density at radius 1 is 1.36 bits per heavy atom. The van der Waals surface area contributed by atoms with Crippen LogP contribution >= 0.6 is 0 Å². The van der Waals surface area contributed by atoms with Gasteiger partial charge in [0.2, 0.25) is 0 Å². The zero-order valence-corrected chi connectivity index (χ0v) is 9.34. The Labute approximate surface area is 88.5 Å². The summed E-state index contributed by atoms with van der Waals surface area (Å²) >= 11 is 0. The van der Waals surface area contributed by atoms with Gasteiger partial charge in [-0.2, -0.15) is 0 Å². The normalized spacial score (nSPS) is 29.5. The van der Waals surface area contributed by atoms with Gasteiger partial charge in [-0.05, 0) is 37.5 Å². The average Bonchev–Trinajstić information content (AvgIpc) is 2.19. The van der Waals surface area contributed by atoms with Crippen LogP contribution in [0.3, 0.4) is 0 Å². The molecule has 0 aromatic carbocycles. The molecule has 0 saturated heterocycles. The predicted octanol–water partition coefficient (Wildman–Crippen LogP) is 2.94. The molecule has 1 rings (SSSR count). The number of hydrogen-bond donors (Lipinski definition) is 1. The zero-order chi connectivity index (χ0) is 10.4. The Bertz CT molecular complexity index is 184. The van der Waals surface area contributed by atoms with E-state index < -0.39 is 0 Å². The molecule has 1 saturated carbocycles. The second-order valence-electron chi connectivity index (χ2n) is 4.78. The molecule has 0 amide bonds. The topological polar surface area (TPSA) is 26.0 Å². The van der Waals surface area contributed by atoms with Crippen molar-refractivity contribution >= 4 is 0 Å². The van der Waals surface area contributed by atoms with Crippen LogP contribution in [0.2, 0.25) is 0 Å². The van der Waals surface area contributed by atoms with Gasteiger partial charge in [-0.3, -0.25) is 0 Å². The van der Waals surface area contributed by atoms with Crippen LogP contribution in [0.25, 0.3) is 0 Å². The van der Waals surface area contributed by atoms with E-state index in [2.05, 4.69) is 12.8 Å². The maximum atomic E-state index is 6.17. The molecule has 0 aromatic heterocycles. The van der Waals surface area contributed by atoms with Crippen LogP contribution in [-0.4, -0.2) is 6.04 Å². The van der Waals surface area contributed by atoms with Crippen molar-refractivity contribution in [1.82, 2.24) is 0 Å². The molecule has 0 spiro atoms. The largest absolute Gasteiger partial charge is 0.327 e. The Balaban J connectivity index is 2.17. The van der Waals surface area contributed by atoms with Gasteiger partial charge < -0.3 is 5.73 Å². The minimum atomic E-state index is 0.399. The van der Waals surface area contributed by atoms with Crippen LogP contribution in [0.1, 0.15) is 51.9 Å². The highest BCUT2D eigenvalue weighted by Gasteiger charge is 2.22. The molecule has 1 nitrogen and oxygen atoms in total. The van der Waals surface area contributed by atoms with Crippen LogP contribution in [0.4, 0.5) is 0 Å². The average molecular weight is 193 g/mol. The number of rotatable bonds is 4. The summed E-state index contributed by atoms with van der Waals surface area (Å²) in [6, 6.07) is 0.399. The van der Waals surface area contributed by atoms with E-state index in [1.165, 1.54) is 25.7 Å². The molecule has 0 aliphatic heterocycles. The lowest BCUT2D eigenvalue weighted by molar-refractivity contribution is 0.246. The monoisotopic (exact) mass is 193 g/mol. The molecule has 0 radical (unpaired) electrons. The smallest absolute Gasteiger partial charge is 0.00866 e. The van der Waals surface area contributed by atoms with E-state index in [-0.39, 0.29) is 0 Å². The molecular formula is C13H23N. The van der Waals surface area contributed by atoms with E-state index in [9.17, 15) is 0 Å². The highest BCUT2D eigenvalue weighted by Crippen LogP contribution is 2.30. The van der Waals surface area contributed by atoms with Crippen molar-refractivity contribution in [2.24, 2.45) is 17.6 Å². The van der Waals surface area contributed by atoms with E-state index in [0.717, 1.165) is 31.1 Å². The Hall–Kier alpha value is -0.480. The summed E-state index contributed by atoms with van der Waals surface area (Å²) in [5.74, 6) is 4.37. The molecule has 2 N–H and O–H groups in total. The lowest BCUT2D eigenvalue weighted by Crippen LogP contribution is -2.32. The first-order valence-corrected chi connectivity index (χ1v) is 5.93. The quantitative estimate of drug-likeness (QED) is 0.539. The van der Waals surface area contributed by atoms with Gasteiger partial charge in [0.05, 0.1) is 0 Å². The molecule has 1 atom stereocenters. The molecule has 0 heterocycles. The molecule has 1 heteroatoms. The highest BCUT2D eigenvalue weighted by atomic mass is 14.6. The maximum Gasteiger partial charge on any atom is 0.00866 e. The van der Waals surface area contributed by atoms with Crippen molar-refractivity contribution in [3.63, 3.8) is 0 Å². The number of unbranched alkanes of at least 4 members (excludes halogenated alkanes) is 1. The van der Waals surface area contributed by atoms with Crippen LogP contribution in [-0.2, 0) is 0 Å². The molecule has 14 heavy (non-hydrogen) atoms. The third kappa shape index (κ3) is 3.72. The highest BCUT2D eigenvalue weighted by molar-refractivity contribution is 4.85. The van der Waals surface area contributed by atoms with Gasteiger partial charge >= 0.3 is 0 Å². The summed E-state index contributed by atoms with van der Waals surface area (Å²) in [7, 11) is 0. The second-order valence-corrected chi connectivity index (χ2v) is 4.78. The van der Waals surface area contributed by atoms with Gasteiger partial charge in [-0.25, -0.2) is 0 Å². The van der Waals surface area contributed by atoms with Gasteiger partial charge in [0.1, 0.15) is 0 Å². The lowest BCUT2D eigenvalue weighted by atomic mass is 9.78. The first-order valence-electron chi connectivity index (χ1n) is 5.93.